The summed E-state index contributed by atoms with van der Waals surface area (Å²) in [6.45, 7) is 2.81. The molecular weight excluding hydrogens is 306 g/mol. The maximum Gasteiger partial charge on any atom is 0.255 e. The summed E-state index contributed by atoms with van der Waals surface area (Å²) in [6, 6.07) is 3.61. The van der Waals surface area contributed by atoms with E-state index in [1.807, 2.05) is 13.0 Å². The maximum atomic E-state index is 12.8. The highest BCUT2D eigenvalue weighted by Gasteiger charge is 2.45. The fourth-order valence-electron chi connectivity index (χ4n) is 3.30. The van der Waals surface area contributed by atoms with Gasteiger partial charge in [0.1, 0.15) is 0 Å². The van der Waals surface area contributed by atoms with Gasteiger partial charge in [-0.05, 0) is 37.5 Å². The number of hydrogen-bond donors (Lipinski definition) is 1. The third-order valence-electron chi connectivity index (χ3n) is 4.47. The fraction of sp³-hybridized carbons (Fsp3) is 0.412. The van der Waals surface area contributed by atoms with Crippen LogP contribution in [0.2, 0.25) is 0 Å². The van der Waals surface area contributed by atoms with Gasteiger partial charge in [-0.15, -0.1) is 0 Å². The van der Waals surface area contributed by atoms with E-state index < -0.39 is 5.54 Å². The second-order valence-corrected chi connectivity index (χ2v) is 6.14. The summed E-state index contributed by atoms with van der Waals surface area (Å²) >= 11 is 0. The van der Waals surface area contributed by atoms with Gasteiger partial charge >= 0.3 is 0 Å². The third-order valence-corrected chi connectivity index (χ3v) is 4.47. The number of amides is 2. The lowest BCUT2D eigenvalue weighted by Crippen LogP contribution is -2.59. The lowest BCUT2D eigenvalue weighted by atomic mass is 9.87. The molecule has 3 rings (SSSR count). The van der Waals surface area contributed by atoms with Crippen molar-refractivity contribution in [3.8, 4) is 0 Å². The Morgan fingerprint density at radius 1 is 1.33 bits per heavy atom. The molecule has 2 aromatic rings. The fourth-order valence-corrected chi connectivity index (χ4v) is 3.30. The SMILES string of the molecule is CNC(=O)C1(n2cccn2)CCCN(C(=O)c2cncc(C)c2)C1. The number of likely N-dealkylation sites (N-methyl/N-ethyl adjacent to an activating group) is 1. The Morgan fingerprint density at radius 2 is 2.17 bits per heavy atom. The van der Waals surface area contributed by atoms with Gasteiger partial charge in [0.05, 0.1) is 12.1 Å². The van der Waals surface area contributed by atoms with Gasteiger partial charge in [0.15, 0.2) is 5.54 Å². The first-order chi connectivity index (χ1) is 11.6. The number of hydrogen-bond acceptors (Lipinski definition) is 4. The maximum absolute atomic E-state index is 12.8. The highest BCUT2D eigenvalue weighted by atomic mass is 16.2. The number of nitrogens with one attached hydrogen (secondary N) is 1. The van der Waals surface area contributed by atoms with Crippen molar-refractivity contribution in [2.24, 2.45) is 0 Å². The van der Waals surface area contributed by atoms with Crippen LogP contribution in [0.5, 0.6) is 0 Å². The van der Waals surface area contributed by atoms with Gasteiger partial charge in [-0.3, -0.25) is 19.3 Å². The quantitative estimate of drug-likeness (QED) is 0.911. The minimum atomic E-state index is -0.872. The molecule has 0 aliphatic carbocycles. The van der Waals surface area contributed by atoms with Crippen LogP contribution in [0.3, 0.4) is 0 Å². The van der Waals surface area contributed by atoms with Crippen LogP contribution >= 0.6 is 0 Å². The van der Waals surface area contributed by atoms with E-state index >= 15 is 0 Å². The standard InChI is InChI=1S/C17H21N5O2/c1-13-9-14(11-19-10-13)15(23)21-7-3-5-17(12-21,16(24)18-2)22-8-4-6-20-22/h4,6,8-11H,3,5,7,12H2,1-2H3,(H,18,24). The molecule has 1 N–H and O–H groups in total. The van der Waals surface area contributed by atoms with Crippen molar-refractivity contribution in [1.29, 1.82) is 0 Å². The molecule has 3 heterocycles. The number of rotatable bonds is 3. The van der Waals surface area contributed by atoms with Crippen LogP contribution in [0, 0.1) is 6.92 Å². The Kier molecular flexibility index (Phi) is 4.33. The molecule has 24 heavy (non-hydrogen) atoms. The second kappa shape index (κ2) is 6.43. The van der Waals surface area contributed by atoms with Gasteiger partial charge in [-0.1, -0.05) is 0 Å². The highest BCUT2D eigenvalue weighted by Crippen LogP contribution is 2.29. The van der Waals surface area contributed by atoms with Crippen LogP contribution in [0.4, 0.5) is 0 Å². The molecule has 1 unspecified atom stereocenters. The molecule has 0 aromatic carbocycles. The number of carbonyl (C=O) groups is 2. The van der Waals surface area contributed by atoms with E-state index in [-0.39, 0.29) is 11.8 Å². The van der Waals surface area contributed by atoms with E-state index in [0.29, 0.717) is 25.1 Å². The first-order valence-electron chi connectivity index (χ1n) is 8.00. The minimum Gasteiger partial charge on any atom is -0.357 e. The summed E-state index contributed by atoms with van der Waals surface area (Å²) in [5.74, 6) is -0.239. The highest BCUT2D eigenvalue weighted by molar-refractivity contribution is 5.95. The van der Waals surface area contributed by atoms with Crippen molar-refractivity contribution < 1.29 is 9.59 Å². The summed E-state index contributed by atoms with van der Waals surface area (Å²) in [5.41, 5.74) is 0.606. The molecule has 0 spiro atoms. The van der Waals surface area contributed by atoms with Crippen molar-refractivity contribution in [3.05, 3.63) is 48.0 Å². The number of nitrogens with zero attached hydrogens (tertiary/aromatic N) is 4. The van der Waals surface area contributed by atoms with E-state index in [2.05, 4.69) is 15.4 Å². The Morgan fingerprint density at radius 3 is 2.83 bits per heavy atom. The normalized spacial score (nSPS) is 20.7. The molecule has 1 aliphatic heterocycles. The lowest BCUT2D eigenvalue weighted by Gasteiger charge is -2.41. The molecule has 126 valence electrons. The van der Waals surface area contributed by atoms with Crippen LogP contribution in [0.15, 0.2) is 36.9 Å². The average Bonchev–Trinajstić information content (AvgIpc) is 3.15. The van der Waals surface area contributed by atoms with Gasteiger partial charge in [-0.25, -0.2) is 0 Å². The molecular formula is C17H21N5O2. The van der Waals surface area contributed by atoms with Gasteiger partial charge in [0.2, 0.25) is 5.91 Å². The smallest absolute Gasteiger partial charge is 0.255 e. The number of carbonyl (C=O) groups excluding carboxylic acids is 2. The Hall–Kier alpha value is -2.70. The van der Waals surface area contributed by atoms with Crippen molar-refractivity contribution in [2.45, 2.75) is 25.3 Å². The summed E-state index contributed by atoms with van der Waals surface area (Å²) < 4.78 is 1.67. The van der Waals surface area contributed by atoms with Gasteiger partial charge in [0.25, 0.3) is 5.91 Å². The number of aromatic nitrogens is 3. The number of piperidine rings is 1. The molecule has 1 fully saturated rings. The summed E-state index contributed by atoms with van der Waals surface area (Å²) in [6.07, 6.45) is 8.08. The van der Waals surface area contributed by atoms with E-state index in [9.17, 15) is 9.59 Å². The molecule has 1 aliphatic rings. The van der Waals surface area contributed by atoms with Crippen molar-refractivity contribution in [3.63, 3.8) is 0 Å². The van der Waals surface area contributed by atoms with Crippen LogP contribution in [0.25, 0.3) is 0 Å². The Labute approximate surface area is 140 Å². The van der Waals surface area contributed by atoms with Crippen LogP contribution in [-0.4, -0.2) is 51.6 Å². The zero-order valence-electron chi connectivity index (χ0n) is 13.9. The summed E-state index contributed by atoms with van der Waals surface area (Å²) in [7, 11) is 1.61. The number of aryl methyl sites for hydroxylation is 1. The second-order valence-electron chi connectivity index (χ2n) is 6.14. The molecule has 2 aromatic heterocycles. The number of likely N-dealkylation sites (tertiary alicyclic amines) is 1. The molecule has 7 heteroatoms. The predicted octanol–water partition coefficient (Wildman–Crippen LogP) is 0.964. The van der Waals surface area contributed by atoms with Crippen molar-refractivity contribution >= 4 is 11.8 Å². The van der Waals surface area contributed by atoms with Crippen molar-refractivity contribution in [2.75, 3.05) is 20.1 Å². The summed E-state index contributed by atoms with van der Waals surface area (Å²) in [5, 5.41) is 6.99. The van der Waals surface area contributed by atoms with Gasteiger partial charge in [-0.2, -0.15) is 5.10 Å². The van der Waals surface area contributed by atoms with Crippen LogP contribution in [-0.2, 0) is 10.3 Å². The van der Waals surface area contributed by atoms with Gasteiger partial charge < -0.3 is 10.2 Å². The zero-order chi connectivity index (χ0) is 17.2. The predicted molar refractivity (Wildman–Crippen MR) is 88.4 cm³/mol. The average molecular weight is 327 g/mol. The Bertz CT molecular complexity index is 743. The first kappa shape index (κ1) is 16.2. The monoisotopic (exact) mass is 327 g/mol. The lowest BCUT2D eigenvalue weighted by molar-refractivity contribution is -0.132. The molecule has 1 saturated heterocycles. The zero-order valence-corrected chi connectivity index (χ0v) is 13.9. The third kappa shape index (κ3) is 2.77. The molecule has 2 amide bonds. The van der Waals surface area contributed by atoms with E-state index in [0.717, 1.165) is 12.0 Å². The van der Waals surface area contributed by atoms with Gasteiger partial charge in [0, 0.05) is 38.4 Å². The summed E-state index contributed by atoms with van der Waals surface area (Å²) in [4.78, 5) is 31.3. The minimum absolute atomic E-state index is 0.105. The molecule has 0 radical (unpaired) electrons. The van der Waals surface area contributed by atoms with E-state index in [1.54, 1.807) is 47.5 Å². The first-order valence-corrected chi connectivity index (χ1v) is 8.00. The molecule has 1 atom stereocenters. The van der Waals surface area contributed by atoms with E-state index in [4.69, 9.17) is 0 Å². The van der Waals surface area contributed by atoms with E-state index in [1.165, 1.54) is 0 Å². The van der Waals surface area contributed by atoms with Crippen LogP contribution in [0.1, 0.15) is 28.8 Å². The van der Waals surface area contributed by atoms with Crippen LogP contribution < -0.4 is 5.32 Å². The largest absolute Gasteiger partial charge is 0.357 e. The topological polar surface area (TPSA) is 80.1 Å². The Balaban J connectivity index is 1.92. The molecule has 0 bridgehead atoms. The van der Waals surface area contributed by atoms with Crippen molar-refractivity contribution in [1.82, 2.24) is 25.0 Å². The number of pyridine rings is 1. The molecule has 0 saturated carbocycles. The molecule has 7 nitrogen and oxygen atoms in total.